The van der Waals surface area contributed by atoms with Crippen LogP contribution in [-0.2, 0) is 0 Å². The van der Waals surface area contributed by atoms with E-state index in [1.165, 1.54) is 36.5 Å². The Hall–Kier alpha value is -4.11. The van der Waals surface area contributed by atoms with E-state index in [9.17, 15) is 19.7 Å². The lowest BCUT2D eigenvalue weighted by molar-refractivity contribution is -0.384. The molecule has 0 aliphatic rings. The minimum absolute atomic E-state index is 0.0269. The Morgan fingerprint density at radius 3 is 2.46 bits per heavy atom. The second kappa shape index (κ2) is 8.06. The molecule has 2 N–H and O–H groups in total. The van der Waals surface area contributed by atoms with Gasteiger partial charge in [0.1, 0.15) is 11.3 Å². The fraction of sp³-hybridized carbons (Fsp3) is 0. The van der Waals surface area contributed by atoms with Crippen LogP contribution in [0.2, 0.25) is 0 Å². The second-order valence-electron chi connectivity index (χ2n) is 5.56. The molecule has 0 unspecified atom stereocenters. The summed E-state index contributed by atoms with van der Waals surface area (Å²) in [6.45, 7) is 0. The van der Waals surface area contributed by atoms with Crippen LogP contribution in [0.3, 0.4) is 0 Å². The third-order valence-electron chi connectivity index (χ3n) is 3.70. The molecule has 2 amide bonds. The van der Waals surface area contributed by atoms with E-state index in [4.69, 9.17) is 10.6 Å². The molecule has 0 aliphatic carbocycles. The molecular weight excluding hydrogens is 364 g/mol. The standard InChI is InChI=1S/C19H14N4O5/c20-22(18(24)13-6-4-7-14(12-13)23(26)27)19(25)16-10-5-11-21-17(16)28-15-8-2-1-3-9-15/h1-12H,20H2. The molecule has 0 fully saturated rings. The molecule has 28 heavy (non-hydrogen) atoms. The van der Waals surface area contributed by atoms with Crippen molar-refractivity contribution in [3.63, 3.8) is 0 Å². The minimum Gasteiger partial charge on any atom is -0.438 e. The third kappa shape index (κ3) is 4.00. The lowest BCUT2D eigenvalue weighted by Crippen LogP contribution is -2.42. The van der Waals surface area contributed by atoms with Gasteiger partial charge in [-0.15, -0.1) is 0 Å². The molecular formula is C19H14N4O5. The molecule has 0 atom stereocenters. The van der Waals surface area contributed by atoms with Crippen LogP contribution >= 0.6 is 0 Å². The molecule has 1 aromatic heterocycles. The van der Waals surface area contributed by atoms with Crippen LogP contribution in [0.4, 0.5) is 5.69 Å². The molecule has 0 spiro atoms. The zero-order chi connectivity index (χ0) is 20.1. The van der Waals surface area contributed by atoms with E-state index < -0.39 is 16.7 Å². The molecule has 140 valence electrons. The van der Waals surface area contributed by atoms with Gasteiger partial charge in [-0.3, -0.25) is 19.7 Å². The monoisotopic (exact) mass is 378 g/mol. The van der Waals surface area contributed by atoms with Gasteiger partial charge in [-0.2, -0.15) is 0 Å². The summed E-state index contributed by atoms with van der Waals surface area (Å²) in [7, 11) is 0. The lowest BCUT2D eigenvalue weighted by Gasteiger charge is -2.16. The van der Waals surface area contributed by atoms with Crippen LogP contribution in [0.5, 0.6) is 11.6 Å². The number of hydrazine groups is 1. The van der Waals surface area contributed by atoms with Gasteiger partial charge >= 0.3 is 0 Å². The molecule has 0 saturated heterocycles. The maximum Gasteiger partial charge on any atom is 0.280 e. The number of carbonyl (C=O) groups is 2. The number of amides is 2. The Labute approximate surface area is 159 Å². The average Bonchev–Trinajstić information content (AvgIpc) is 2.73. The van der Waals surface area contributed by atoms with Crippen LogP contribution in [0.25, 0.3) is 0 Å². The number of rotatable bonds is 5. The lowest BCUT2D eigenvalue weighted by atomic mass is 10.1. The molecule has 0 radical (unpaired) electrons. The van der Waals surface area contributed by atoms with E-state index in [0.717, 1.165) is 6.07 Å². The first kappa shape index (κ1) is 18.7. The van der Waals surface area contributed by atoms with Crippen LogP contribution in [0.15, 0.2) is 72.9 Å². The highest BCUT2D eigenvalue weighted by molar-refractivity contribution is 6.10. The molecule has 3 rings (SSSR count). The van der Waals surface area contributed by atoms with E-state index in [0.29, 0.717) is 10.8 Å². The van der Waals surface area contributed by atoms with Crippen LogP contribution in [-0.4, -0.2) is 26.7 Å². The zero-order valence-corrected chi connectivity index (χ0v) is 14.4. The van der Waals surface area contributed by atoms with E-state index in [1.807, 2.05) is 0 Å². The Morgan fingerprint density at radius 2 is 1.75 bits per heavy atom. The highest BCUT2D eigenvalue weighted by atomic mass is 16.6. The van der Waals surface area contributed by atoms with E-state index >= 15 is 0 Å². The van der Waals surface area contributed by atoms with Gasteiger partial charge in [0.05, 0.1) is 4.92 Å². The normalized spacial score (nSPS) is 10.2. The van der Waals surface area contributed by atoms with Crippen LogP contribution in [0, 0.1) is 10.1 Å². The van der Waals surface area contributed by atoms with Crippen molar-refractivity contribution in [2.24, 2.45) is 5.84 Å². The summed E-state index contributed by atoms with van der Waals surface area (Å²) < 4.78 is 5.60. The van der Waals surface area contributed by atoms with Crippen molar-refractivity contribution in [2.45, 2.75) is 0 Å². The highest BCUT2D eigenvalue weighted by Crippen LogP contribution is 2.24. The number of pyridine rings is 1. The number of benzene rings is 2. The fourth-order valence-corrected chi connectivity index (χ4v) is 2.35. The minimum atomic E-state index is -0.900. The molecule has 0 aliphatic heterocycles. The first-order chi connectivity index (χ1) is 13.5. The van der Waals surface area contributed by atoms with E-state index in [1.54, 1.807) is 30.3 Å². The maximum atomic E-state index is 12.7. The predicted octanol–water partition coefficient (Wildman–Crippen LogP) is 2.94. The summed E-state index contributed by atoms with van der Waals surface area (Å²) >= 11 is 0. The molecule has 0 bridgehead atoms. The number of non-ortho nitro benzene ring substituents is 1. The van der Waals surface area contributed by atoms with Crippen molar-refractivity contribution in [1.29, 1.82) is 0 Å². The Morgan fingerprint density at radius 1 is 1.00 bits per heavy atom. The molecule has 9 heteroatoms. The number of ether oxygens (including phenoxy) is 1. The average molecular weight is 378 g/mol. The van der Waals surface area contributed by atoms with Gasteiger partial charge in [-0.25, -0.2) is 15.8 Å². The molecule has 2 aromatic carbocycles. The summed E-state index contributed by atoms with van der Waals surface area (Å²) in [5, 5.41) is 11.2. The summed E-state index contributed by atoms with van der Waals surface area (Å²) in [4.78, 5) is 39.5. The van der Waals surface area contributed by atoms with Crippen molar-refractivity contribution >= 4 is 17.5 Å². The quantitative estimate of drug-likeness (QED) is 0.237. The number of nitrogens with zero attached hydrogens (tertiary/aromatic N) is 3. The van der Waals surface area contributed by atoms with Gasteiger partial charge in [0.25, 0.3) is 17.5 Å². The van der Waals surface area contributed by atoms with Crippen molar-refractivity contribution in [3.8, 4) is 11.6 Å². The van der Waals surface area contributed by atoms with Gasteiger partial charge in [0.15, 0.2) is 0 Å². The number of aromatic nitrogens is 1. The number of para-hydroxylation sites is 1. The molecule has 1 heterocycles. The summed E-state index contributed by atoms with van der Waals surface area (Å²) in [6, 6.07) is 16.5. The van der Waals surface area contributed by atoms with Crippen molar-refractivity contribution in [3.05, 3.63) is 94.2 Å². The fourth-order valence-electron chi connectivity index (χ4n) is 2.35. The zero-order valence-electron chi connectivity index (χ0n) is 14.4. The predicted molar refractivity (Wildman–Crippen MR) is 98.5 cm³/mol. The third-order valence-corrected chi connectivity index (χ3v) is 3.70. The number of hydrogen-bond donors (Lipinski definition) is 1. The topological polar surface area (TPSA) is 129 Å². The number of hydrogen-bond acceptors (Lipinski definition) is 7. The maximum absolute atomic E-state index is 12.7. The van der Waals surface area contributed by atoms with Gasteiger partial charge in [-0.05, 0) is 30.3 Å². The Balaban J connectivity index is 1.86. The van der Waals surface area contributed by atoms with E-state index in [2.05, 4.69) is 4.98 Å². The van der Waals surface area contributed by atoms with Crippen molar-refractivity contribution < 1.29 is 19.2 Å². The number of imide groups is 1. The van der Waals surface area contributed by atoms with Crippen molar-refractivity contribution in [1.82, 2.24) is 9.99 Å². The number of carbonyl (C=O) groups excluding carboxylic acids is 2. The number of nitrogens with two attached hydrogens (primary N) is 1. The smallest absolute Gasteiger partial charge is 0.280 e. The highest BCUT2D eigenvalue weighted by Gasteiger charge is 2.25. The van der Waals surface area contributed by atoms with Gasteiger partial charge in [-0.1, -0.05) is 24.3 Å². The Kier molecular flexibility index (Phi) is 5.38. The largest absolute Gasteiger partial charge is 0.438 e. The summed E-state index contributed by atoms with van der Waals surface area (Å²) in [5.41, 5.74) is -0.423. The van der Waals surface area contributed by atoms with Gasteiger partial charge < -0.3 is 4.74 Å². The van der Waals surface area contributed by atoms with Gasteiger partial charge in [0.2, 0.25) is 5.88 Å². The van der Waals surface area contributed by atoms with E-state index in [-0.39, 0.29) is 22.7 Å². The van der Waals surface area contributed by atoms with Crippen molar-refractivity contribution in [2.75, 3.05) is 0 Å². The summed E-state index contributed by atoms with van der Waals surface area (Å²) in [6.07, 6.45) is 1.43. The molecule has 3 aromatic rings. The molecule has 0 saturated carbocycles. The summed E-state index contributed by atoms with van der Waals surface area (Å²) in [5.74, 6) is 4.35. The molecule has 9 nitrogen and oxygen atoms in total. The Bertz CT molecular complexity index is 1040. The SMILES string of the molecule is NN(C(=O)c1cccc([N+](=O)[O-])c1)C(=O)c1cccnc1Oc1ccccc1. The number of nitro benzene ring substituents is 1. The van der Waals surface area contributed by atoms with Crippen LogP contribution < -0.4 is 10.6 Å². The first-order valence-corrected chi connectivity index (χ1v) is 8.03. The first-order valence-electron chi connectivity index (χ1n) is 8.03. The van der Waals surface area contributed by atoms with Crippen LogP contribution in [0.1, 0.15) is 20.7 Å². The van der Waals surface area contributed by atoms with Gasteiger partial charge in [0, 0.05) is 23.9 Å². The second-order valence-corrected chi connectivity index (χ2v) is 5.56. The number of nitro groups is 1.